The molecule has 2 saturated heterocycles. The van der Waals surface area contributed by atoms with Gasteiger partial charge in [-0.1, -0.05) is 36.4 Å². The Labute approximate surface area is 250 Å². The summed E-state index contributed by atoms with van der Waals surface area (Å²) in [6, 6.07) is 17.0. The van der Waals surface area contributed by atoms with Gasteiger partial charge in [-0.05, 0) is 35.7 Å². The Morgan fingerprint density at radius 3 is 2.23 bits per heavy atom. The van der Waals surface area contributed by atoms with Crippen LogP contribution < -0.4 is 15.7 Å². The van der Waals surface area contributed by atoms with Crippen LogP contribution in [0.3, 0.4) is 0 Å². The third-order valence-corrected chi connectivity index (χ3v) is 7.68. The summed E-state index contributed by atoms with van der Waals surface area (Å²) in [6.07, 6.45) is 3.93. The topological polar surface area (TPSA) is 149 Å². The van der Waals surface area contributed by atoms with E-state index in [9.17, 15) is 14.7 Å². The molecule has 228 valence electrons. The fraction of sp³-hybridized carbons (Fsp3) is 0.419. The molecular weight excluding hydrogens is 552 g/mol. The van der Waals surface area contributed by atoms with Crippen molar-refractivity contribution in [1.29, 1.82) is 0 Å². The predicted molar refractivity (Wildman–Crippen MR) is 158 cm³/mol. The molecule has 3 unspecified atom stereocenters. The van der Waals surface area contributed by atoms with Gasteiger partial charge in [0, 0.05) is 75.6 Å². The van der Waals surface area contributed by atoms with Crippen LogP contribution >= 0.6 is 0 Å². The number of ether oxygens (including phenoxy) is 2. The summed E-state index contributed by atoms with van der Waals surface area (Å²) in [5.74, 6) is 0.0216. The molecule has 0 saturated carbocycles. The third-order valence-electron chi connectivity index (χ3n) is 7.68. The molecule has 3 atom stereocenters. The fourth-order valence-corrected chi connectivity index (χ4v) is 5.32. The molecule has 0 aliphatic carbocycles. The third kappa shape index (κ3) is 8.55. The standard InChI is InChI=1S/C31H38N6O6/c38-21-22-5-7-23(8-6-22)27-19-26(20-36-15-17-37(18-16-36)31-32-13-2-14-33-31)42-30(43-27)24-9-11-25(12-10-24)34-28(39)3-1-4-29(40)35-41/h2,5-14,26-27,30,38,41H,1,3-4,15-21H2,(H,34,39)(H,35,40). The number of piperazine rings is 1. The maximum absolute atomic E-state index is 12.3. The number of hydrogen-bond donors (Lipinski definition) is 4. The van der Waals surface area contributed by atoms with Gasteiger partial charge in [-0.15, -0.1) is 0 Å². The Morgan fingerprint density at radius 1 is 0.884 bits per heavy atom. The van der Waals surface area contributed by atoms with E-state index >= 15 is 0 Å². The van der Waals surface area contributed by atoms with Gasteiger partial charge in [0.2, 0.25) is 17.8 Å². The van der Waals surface area contributed by atoms with Gasteiger partial charge in [0.25, 0.3) is 0 Å². The zero-order valence-electron chi connectivity index (χ0n) is 24.0. The Balaban J connectivity index is 1.22. The van der Waals surface area contributed by atoms with E-state index < -0.39 is 12.2 Å². The number of benzene rings is 2. The van der Waals surface area contributed by atoms with E-state index in [2.05, 4.69) is 25.1 Å². The maximum atomic E-state index is 12.3. The fourth-order valence-electron chi connectivity index (χ4n) is 5.32. The van der Waals surface area contributed by atoms with Crippen LogP contribution in [0.5, 0.6) is 0 Å². The van der Waals surface area contributed by atoms with Gasteiger partial charge in [-0.2, -0.15) is 0 Å². The van der Waals surface area contributed by atoms with Crippen LogP contribution in [-0.2, 0) is 25.7 Å². The molecule has 2 aliphatic heterocycles. The summed E-state index contributed by atoms with van der Waals surface area (Å²) >= 11 is 0. The number of aliphatic hydroxyl groups excluding tert-OH is 1. The van der Waals surface area contributed by atoms with E-state index in [1.807, 2.05) is 42.5 Å². The number of nitrogens with one attached hydrogen (secondary N) is 2. The lowest BCUT2D eigenvalue weighted by atomic mass is 9.99. The molecule has 43 heavy (non-hydrogen) atoms. The normalized spacial score (nSPS) is 20.9. The number of rotatable bonds is 11. The van der Waals surface area contributed by atoms with E-state index in [1.165, 1.54) is 0 Å². The zero-order chi connectivity index (χ0) is 30.0. The number of hydroxylamine groups is 1. The lowest BCUT2D eigenvalue weighted by Crippen LogP contribution is -2.50. The van der Waals surface area contributed by atoms with Gasteiger partial charge >= 0.3 is 0 Å². The molecule has 3 aromatic rings. The number of anilines is 2. The van der Waals surface area contributed by atoms with Crippen molar-refractivity contribution in [1.82, 2.24) is 20.3 Å². The highest BCUT2D eigenvalue weighted by molar-refractivity contribution is 5.91. The molecule has 0 radical (unpaired) electrons. The first-order chi connectivity index (χ1) is 21.0. The van der Waals surface area contributed by atoms with Crippen molar-refractivity contribution in [3.8, 4) is 0 Å². The largest absolute Gasteiger partial charge is 0.392 e. The van der Waals surface area contributed by atoms with Gasteiger partial charge in [0.05, 0.1) is 18.8 Å². The summed E-state index contributed by atoms with van der Waals surface area (Å²) in [6.45, 7) is 4.17. The molecule has 2 aliphatic rings. The van der Waals surface area contributed by atoms with Crippen LogP contribution in [0.2, 0.25) is 0 Å². The first kappa shape index (κ1) is 30.5. The minimum absolute atomic E-state index is 0.0129. The van der Waals surface area contributed by atoms with Crippen molar-refractivity contribution in [3.05, 3.63) is 83.7 Å². The summed E-state index contributed by atoms with van der Waals surface area (Å²) in [7, 11) is 0. The molecular formula is C31H38N6O6. The number of carbonyl (C=O) groups excluding carboxylic acids is 2. The van der Waals surface area contributed by atoms with Gasteiger partial charge in [0.15, 0.2) is 6.29 Å². The molecule has 3 heterocycles. The molecule has 12 heteroatoms. The molecule has 0 spiro atoms. The van der Waals surface area contributed by atoms with E-state index in [4.69, 9.17) is 14.7 Å². The number of hydrogen-bond acceptors (Lipinski definition) is 10. The number of carbonyl (C=O) groups is 2. The number of amides is 2. The highest BCUT2D eigenvalue weighted by atomic mass is 16.7. The van der Waals surface area contributed by atoms with E-state index in [-0.39, 0.29) is 37.6 Å². The number of aromatic nitrogens is 2. The monoisotopic (exact) mass is 590 g/mol. The van der Waals surface area contributed by atoms with E-state index in [0.717, 1.165) is 55.4 Å². The molecule has 5 rings (SSSR count). The van der Waals surface area contributed by atoms with E-state index in [1.54, 1.807) is 30.0 Å². The minimum Gasteiger partial charge on any atom is -0.392 e. The SMILES string of the molecule is O=C(CCCC(=O)Nc1ccc(C2OC(CN3CCN(c4ncccn4)CC3)CC(c3ccc(CO)cc3)O2)cc1)NO. The van der Waals surface area contributed by atoms with Crippen molar-refractivity contribution < 1.29 is 29.4 Å². The molecule has 12 nitrogen and oxygen atoms in total. The van der Waals surface area contributed by atoms with Crippen LogP contribution in [0.25, 0.3) is 0 Å². The van der Waals surface area contributed by atoms with Crippen LogP contribution in [0.15, 0.2) is 67.0 Å². The molecule has 2 amide bonds. The van der Waals surface area contributed by atoms with Crippen molar-refractivity contribution in [3.63, 3.8) is 0 Å². The maximum Gasteiger partial charge on any atom is 0.243 e. The zero-order valence-corrected chi connectivity index (χ0v) is 24.0. The van der Waals surface area contributed by atoms with Crippen LogP contribution in [0.4, 0.5) is 11.6 Å². The van der Waals surface area contributed by atoms with Crippen molar-refractivity contribution in [2.45, 2.75) is 50.8 Å². The van der Waals surface area contributed by atoms with Gasteiger partial charge in [-0.3, -0.25) is 19.7 Å². The van der Waals surface area contributed by atoms with Crippen molar-refractivity contribution >= 4 is 23.5 Å². The van der Waals surface area contributed by atoms with Gasteiger partial charge < -0.3 is 24.8 Å². The second-order valence-corrected chi connectivity index (χ2v) is 10.7. The number of nitrogens with zero attached hydrogens (tertiary/aromatic N) is 4. The van der Waals surface area contributed by atoms with Crippen LogP contribution in [0.1, 0.15) is 54.8 Å². The van der Waals surface area contributed by atoms with Crippen LogP contribution in [-0.4, -0.2) is 75.8 Å². The Bertz CT molecular complexity index is 1320. The summed E-state index contributed by atoms with van der Waals surface area (Å²) in [5, 5.41) is 20.9. The Hall–Kier alpha value is -3.94. The van der Waals surface area contributed by atoms with Crippen LogP contribution in [0, 0.1) is 0 Å². The minimum atomic E-state index is -0.595. The average Bonchev–Trinajstić information content (AvgIpc) is 3.05. The smallest absolute Gasteiger partial charge is 0.243 e. The molecule has 4 N–H and O–H groups in total. The summed E-state index contributed by atoms with van der Waals surface area (Å²) in [4.78, 5) is 36.8. The van der Waals surface area contributed by atoms with Gasteiger partial charge in [-0.25, -0.2) is 15.4 Å². The molecule has 1 aromatic heterocycles. The highest BCUT2D eigenvalue weighted by Gasteiger charge is 2.34. The second-order valence-electron chi connectivity index (χ2n) is 10.7. The van der Waals surface area contributed by atoms with Gasteiger partial charge in [0.1, 0.15) is 0 Å². The predicted octanol–water partition coefficient (Wildman–Crippen LogP) is 2.95. The quantitative estimate of drug-likeness (QED) is 0.194. The highest BCUT2D eigenvalue weighted by Crippen LogP contribution is 2.38. The lowest BCUT2D eigenvalue weighted by molar-refractivity contribution is -0.253. The van der Waals surface area contributed by atoms with Crippen molar-refractivity contribution in [2.24, 2.45) is 0 Å². The lowest BCUT2D eigenvalue weighted by Gasteiger charge is -2.40. The molecule has 2 aromatic carbocycles. The Kier molecular flexibility index (Phi) is 10.6. The summed E-state index contributed by atoms with van der Waals surface area (Å²) in [5.41, 5.74) is 4.91. The molecule has 2 fully saturated rings. The average molecular weight is 591 g/mol. The van der Waals surface area contributed by atoms with Crippen molar-refractivity contribution in [2.75, 3.05) is 42.9 Å². The first-order valence-electron chi connectivity index (χ1n) is 14.6. The Morgan fingerprint density at radius 2 is 1.56 bits per heavy atom. The second kappa shape index (κ2) is 15.0. The summed E-state index contributed by atoms with van der Waals surface area (Å²) < 4.78 is 13.0. The van der Waals surface area contributed by atoms with E-state index in [0.29, 0.717) is 18.5 Å². The number of aliphatic hydroxyl groups is 1. The molecule has 0 bridgehead atoms. The first-order valence-corrected chi connectivity index (χ1v) is 14.6.